The molecule has 0 unspecified atom stereocenters. The smallest absolute Gasteiger partial charge is 0.267 e. The van der Waals surface area contributed by atoms with Crippen LogP contribution in [-0.2, 0) is 16.0 Å². The minimum absolute atomic E-state index is 0.0618. The molecule has 0 atom stereocenters. The van der Waals surface area contributed by atoms with Crippen LogP contribution in [0.5, 0.6) is 0 Å². The Kier molecular flexibility index (Phi) is 8.48. The highest BCUT2D eigenvalue weighted by atomic mass is 16.5. The minimum atomic E-state index is -0.395. The van der Waals surface area contributed by atoms with E-state index in [2.05, 4.69) is 10.6 Å². The fourth-order valence-corrected chi connectivity index (χ4v) is 2.13. The zero-order valence-electron chi connectivity index (χ0n) is 14.1. The fourth-order valence-electron chi connectivity index (χ4n) is 2.13. The maximum absolute atomic E-state index is 12.3. The van der Waals surface area contributed by atoms with Gasteiger partial charge in [-0.25, -0.2) is 0 Å². The Balaban J connectivity index is 2.66. The van der Waals surface area contributed by atoms with Gasteiger partial charge in [0.2, 0.25) is 0 Å². The van der Waals surface area contributed by atoms with Crippen molar-refractivity contribution < 1.29 is 9.53 Å². The first-order valence-electron chi connectivity index (χ1n) is 7.95. The molecule has 0 spiro atoms. The van der Waals surface area contributed by atoms with Crippen molar-refractivity contribution in [3.05, 3.63) is 41.1 Å². The number of hydrogen-bond acceptors (Lipinski definition) is 4. The monoisotopic (exact) mass is 315 g/mol. The van der Waals surface area contributed by atoms with Crippen LogP contribution in [-0.4, -0.2) is 25.7 Å². The van der Waals surface area contributed by atoms with E-state index < -0.39 is 5.91 Å². The predicted octanol–water partition coefficient (Wildman–Crippen LogP) is 2.92. The second-order valence-electron chi connectivity index (χ2n) is 5.09. The van der Waals surface area contributed by atoms with Crippen LogP contribution in [0, 0.1) is 18.3 Å². The van der Waals surface area contributed by atoms with Crippen molar-refractivity contribution in [2.24, 2.45) is 0 Å². The minimum Gasteiger partial charge on any atom is -0.390 e. The lowest BCUT2D eigenvalue weighted by molar-refractivity contribution is -0.112. The van der Waals surface area contributed by atoms with E-state index in [0.29, 0.717) is 19.8 Å². The van der Waals surface area contributed by atoms with Crippen molar-refractivity contribution in [3.63, 3.8) is 0 Å². The maximum Gasteiger partial charge on any atom is 0.267 e. The van der Waals surface area contributed by atoms with E-state index in [0.717, 1.165) is 29.7 Å². The summed E-state index contributed by atoms with van der Waals surface area (Å²) in [5.41, 5.74) is 2.89. The van der Waals surface area contributed by atoms with Gasteiger partial charge < -0.3 is 15.4 Å². The number of ether oxygens (including phenoxy) is 1. The van der Waals surface area contributed by atoms with E-state index in [1.807, 2.05) is 45.0 Å². The van der Waals surface area contributed by atoms with Gasteiger partial charge in [-0.05, 0) is 37.8 Å². The normalized spacial score (nSPS) is 11.0. The number of nitrogens with zero attached hydrogens (tertiary/aromatic N) is 1. The fraction of sp³-hybridized carbons (Fsp3) is 0.444. The van der Waals surface area contributed by atoms with Crippen molar-refractivity contribution in [1.29, 1.82) is 5.26 Å². The lowest BCUT2D eigenvalue weighted by Crippen LogP contribution is -2.19. The molecule has 124 valence electrons. The van der Waals surface area contributed by atoms with Crippen molar-refractivity contribution in [3.8, 4) is 6.07 Å². The van der Waals surface area contributed by atoms with Gasteiger partial charge in [-0.2, -0.15) is 5.26 Å². The highest BCUT2D eigenvalue weighted by Gasteiger charge is 2.12. The third-order valence-electron chi connectivity index (χ3n) is 3.40. The van der Waals surface area contributed by atoms with E-state index >= 15 is 0 Å². The number of para-hydroxylation sites is 1. The molecule has 0 aromatic heterocycles. The summed E-state index contributed by atoms with van der Waals surface area (Å²) in [7, 11) is 0. The van der Waals surface area contributed by atoms with Crippen LogP contribution in [0.4, 0.5) is 5.69 Å². The Morgan fingerprint density at radius 3 is 2.83 bits per heavy atom. The Bertz CT molecular complexity index is 588. The number of carbonyl (C=O) groups excluding carboxylic acids is 1. The van der Waals surface area contributed by atoms with Crippen LogP contribution < -0.4 is 10.6 Å². The van der Waals surface area contributed by atoms with Crippen LogP contribution >= 0.6 is 0 Å². The first-order chi connectivity index (χ1) is 11.1. The van der Waals surface area contributed by atoms with Gasteiger partial charge in [0.1, 0.15) is 11.6 Å². The first kappa shape index (κ1) is 18.7. The van der Waals surface area contributed by atoms with Crippen LogP contribution in [0.25, 0.3) is 0 Å². The zero-order chi connectivity index (χ0) is 17.1. The Hall–Kier alpha value is -2.32. The number of nitrogens with one attached hydrogen (secondary N) is 2. The van der Waals surface area contributed by atoms with Gasteiger partial charge >= 0.3 is 0 Å². The maximum atomic E-state index is 12.3. The van der Waals surface area contributed by atoms with Gasteiger partial charge in [-0.1, -0.05) is 25.1 Å². The van der Waals surface area contributed by atoms with Gasteiger partial charge in [-0.3, -0.25) is 4.79 Å². The molecule has 0 heterocycles. The zero-order valence-corrected chi connectivity index (χ0v) is 14.1. The molecule has 5 nitrogen and oxygen atoms in total. The summed E-state index contributed by atoms with van der Waals surface area (Å²) in [5, 5.41) is 15.0. The molecule has 1 amide bonds. The number of hydrogen-bond donors (Lipinski definition) is 2. The molecule has 0 saturated heterocycles. The van der Waals surface area contributed by atoms with Crippen molar-refractivity contribution in [2.45, 2.75) is 33.6 Å². The molecule has 1 rings (SSSR count). The predicted molar refractivity (Wildman–Crippen MR) is 92.0 cm³/mol. The first-order valence-corrected chi connectivity index (χ1v) is 7.95. The average molecular weight is 315 g/mol. The summed E-state index contributed by atoms with van der Waals surface area (Å²) in [6.07, 6.45) is 3.10. The number of benzene rings is 1. The second kappa shape index (κ2) is 10.4. The molecule has 0 fully saturated rings. The number of aryl methyl sites for hydroxylation is 2. The molecule has 5 heteroatoms. The molecule has 23 heavy (non-hydrogen) atoms. The topological polar surface area (TPSA) is 74.1 Å². The SMILES string of the molecule is CCOCCCN/C=C(/C#N)C(=O)Nc1c(C)cccc1CC. The summed E-state index contributed by atoms with van der Waals surface area (Å²) in [4.78, 5) is 12.3. The molecular formula is C18H25N3O2. The summed E-state index contributed by atoms with van der Waals surface area (Å²) < 4.78 is 5.23. The Morgan fingerprint density at radius 1 is 1.39 bits per heavy atom. The molecule has 2 N–H and O–H groups in total. The molecule has 0 radical (unpaired) electrons. The van der Waals surface area contributed by atoms with Gasteiger partial charge in [0.15, 0.2) is 0 Å². The molecule has 0 aliphatic heterocycles. The molecule has 0 aliphatic carbocycles. The van der Waals surface area contributed by atoms with Crippen molar-refractivity contribution in [1.82, 2.24) is 5.32 Å². The second-order valence-corrected chi connectivity index (χ2v) is 5.09. The lowest BCUT2D eigenvalue weighted by Gasteiger charge is -2.12. The van der Waals surface area contributed by atoms with E-state index in [-0.39, 0.29) is 5.57 Å². The van der Waals surface area contributed by atoms with E-state index in [9.17, 15) is 4.79 Å². The summed E-state index contributed by atoms with van der Waals surface area (Å²) in [6, 6.07) is 7.82. The average Bonchev–Trinajstić information content (AvgIpc) is 2.56. The van der Waals surface area contributed by atoms with E-state index in [1.165, 1.54) is 6.20 Å². The van der Waals surface area contributed by atoms with Gasteiger partial charge in [-0.15, -0.1) is 0 Å². The third-order valence-corrected chi connectivity index (χ3v) is 3.40. The number of carbonyl (C=O) groups is 1. The molecule has 0 bridgehead atoms. The van der Waals surface area contributed by atoms with Gasteiger partial charge in [0.25, 0.3) is 5.91 Å². The van der Waals surface area contributed by atoms with Crippen molar-refractivity contribution in [2.75, 3.05) is 25.1 Å². The molecule has 1 aromatic rings. The number of anilines is 1. The molecule has 1 aromatic carbocycles. The summed E-state index contributed by atoms with van der Waals surface area (Å²) >= 11 is 0. The Labute approximate surface area is 138 Å². The standard InChI is InChI=1S/C18H25N3O2/c1-4-15-9-6-8-14(3)17(15)21-18(22)16(12-19)13-20-10-7-11-23-5-2/h6,8-9,13,20H,4-5,7,10-11H2,1-3H3,(H,21,22)/b16-13-. The quantitative estimate of drug-likeness (QED) is 0.417. The Morgan fingerprint density at radius 2 is 2.17 bits per heavy atom. The highest BCUT2D eigenvalue weighted by Crippen LogP contribution is 2.21. The van der Waals surface area contributed by atoms with Crippen LogP contribution in [0.2, 0.25) is 0 Å². The van der Waals surface area contributed by atoms with Crippen LogP contribution in [0.3, 0.4) is 0 Å². The molecule has 0 saturated carbocycles. The number of rotatable bonds is 9. The molecular weight excluding hydrogens is 290 g/mol. The van der Waals surface area contributed by atoms with E-state index in [4.69, 9.17) is 10.00 Å². The van der Waals surface area contributed by atoms with Crippen LogP contribution in [0.1, 0.15) is 31.4 Å². The van der Waals surface area contributed by atoms with Gasteiger partial charge in [0.05, 0.1) is 0 Å². The summed E-state index contributed by atoms with van der Waals surface area (Å²) in [5.74, 6) is -0.395. The van der Waals surface area contributed by atoms with Crippen molar-refractivity contribution >= 4 is 11.6 Å². The van der Waals surface area contributed by atoms with E-state index in [1.54, 1.807) is 0 Å². The van der Waals surface area contributed by atoms with Crippen LogP contribution in [0.15, 0.2) is 30.0 Å². The number of amides is 1. The third kappa shape index (κ3) is 6.13. The highest BCUT2D eigenvalue weighted by molar-refractivity contribution is 6.07. The number of nitriles is 1. The van der Waals surface area contributed by atoms with Gasteiger partial charge in [0, 0.05) is 31.6 Å². The lowest BCUT2D eigenvalue weighted by atomic mass is 10.1. The largest absolute Gasteiger partial charge is 0.390 e. The summed E-state index contributed by atoms with van der Waals surface area (Å²) in [6.45, 7) is 7.93. The molecule has 0 aliphatic rings.